The van der Waals surface area contributed by atoms with Gasteiger partial charge in [-0.05, 0) is 24.1 Å². The van der Waals surface area contributed by atoms with E-state index in [-0.39, 0.29) is 23.1 Å². The molecule has 0 saturated carbocycles. The van der Waals surface area contributed by atoms with Gasteiger partial charge in [-0.25, -0.2) is 4.98 Å². The quantitative estimate of drug-likeness (QED) is 0.850. The van der Waals surface area contributed by atoms with Crippen molar-refractivity contribution in [2.24, 2.45) is 11.7 Å². The number of nitrogens with one attached hydrogen (secondary N) is 1. The van der Waals surface area contributed by atoms with Gasteiger partial charge in [-0.2, -0.15) is 0 Å². The van der Waals surface area contributed by atoms with Gasteiger partial charge in [0.2, 0.25) is 11.8 Å². The zero-order chi connectivity index (χ0) is 18.0. The topological polar surface area (TPSA) is 105 Å². The van der Waals surface area contributed by atoms with Crippen molar-refractivity contribution in [1.29, 1.82) is 0 Å². The molecule has 0 aliphatic carbocycles. The summed E-state index contributed by atoms with van der Waals surface area (Å²) in [5, 5.41) is 2.95. The second kappa shape index (κ2) is 7.02. The van der Waals surface area contributed by atoms with Crippen molar-refractivity contribution >= 4 is 39.9 Å². The predicted octanol–water partition coefficient (Wildman–Crippen LogP) is 1.80. The highest BCUT2D eigenvalue weighted by Gasteiger charge is 2.35. The number of anilines is 2. The Labute approximate surface area is 148 Å². The van der Waals surface area contributed by atoms with Crippen LogP contribution in [0.2, 0.25) is 0 Å². The molecular formula is C17H18N4O3S. The van der Waals surface area contributed by atoms with E-state index in [1.54, 1.807) is 4.90 Å². The molecule has 3 rings (SSSR count). The van der Waals surface area contributed by atoms with Crippen LogP contribution in [0.15, 0.2) is 30.5 Å². The maximum atomic E-state index is 12.4. The molecule has 1 saturated heterocycles. The third-order valence-corrected chi connectivity index (χ3v) is 5.06. The lowest BCUT2D eigenvalue weighted by molar-refractivity contribution is -0.122. The van der Waals surface area contributed by atoms with E-state index >= 15 is 0 Å². The van der Waals surface area contributed by atoms with Crippen molar-refractivity contribution in [3.8, 4) is 0 Å². The number of primary amides is 1. The molecule has 1 aliphatic rings. The van der Waals surface area contributed by atoms with Gasteiger partial charge < -0.3 is 16.0 Å². The number of nitrogens with zero attached hydrogens (tertiary/aromatic N) is 2. The monoisotopic (exact) mass is 358 g/mol. The van der Waals surface area contributed by atoms with Crippen LogP contribution in [0.3, 0.4) is 0 Å². The largest absolute Gasteiger partial charge is 0.365 e. The number of carbonyl (C=O) groups excluding carboxylic acids is 3. The van der Waals surface area contributed by atoms with Gasteiger partial charge >= 0.3 is 0 Å². The lowest BCUT2D eigenvalue weighted by Crippen LogP contribution is -2.28. The number of aromatic nitrogens is 1. The molecule has 1 aromatic heterocycles. The van der Waals surface area contributed by atoms with Crippen molar-refractivity contribution in [3.63, 3.8) is 0 Å². The molecule has 0 bridgehead atoms. The molecule has 8 heteroatoms. The number of hydrogen-bond donors (Lipinski definition) is 2. The van der Waals surface area contributed by atoms with Crippen molar-refractivity contribution in [3.05, 3.63) is 40.9 Å². The standard InChI is InChI=1S/C17H18N4O3S/c1-2-10-3-5-12(6-4-10)21-9-11(7-14(21)22)16(24)20-17-19-8-13(25-17)15(18)23/h3-6,8,11H,2,7,9H2,1H3,(H2,18,23)(H,19,20,24)/t11-/m1/s1. The molecule has 25 heavy (non-hydrogen) atoms. The normalized spacial score (nSPS) is 16.9. The van der Waals surface area contributed by atoms with Crippen LogP contribution in [0.1, 0.15) is 28.6 Å². The van der Waals surface area contributed by atoms with E-state index < -0.39 is 11.8 Å². The van der Waals surface area contributed by atoms with E-state index in [0.717, 1.165) is 23.4 Å². The van der Waals surface area contributed by atoms with Gasteiger partial charge in [0.05, 0.1) is 12.1 Å². The van der Waals surface area contributed by atoms with Crippen molar-refractivity contribution in [2.45, 2.75) is 19.8 Å². The van der Waals surface area contributed by atoms with Crippen molar-refractivity contribution < 1.29 is 14.4 Å². The fourth-order valence-corrected chi connectivity index (χ4v) is 3.37. The Morgan fingerprint density at radius 3 is 2.68 bits per heavy atom. The lowest BCUT2D eigenvalue weighted by Gasteiger charge is -2.17. The van der Waals surface area contributed by atoms with Gasteiger partial charge in [-0.3, -0.25) is 14.4 Å². The predicted molar refractivity (Wildman–Crippen MR) is 95.5 cm³/mol. The molecule has 1 aliphatic heterocycles. The van der Waals surface area contributed by atoms with Crippen LogP contribution < -0.4 is 16.0 Å². The molecule has 130 valence electrons. The molecule has 2 heterocycles. The Morgan fingerprint density at radius 1 is 1.36 bits per heavy atom. The van der Waals surface area contributed by atoms with Gasteiger partial charge in [0.1, 0.15) is 4.88 Å². The molecule has 1 fully saturated rings. The van der Waals surface area contributed by atoms with Gasteiger partial charge in [-0.15, -0.1) is 0 Å². The van der Waals surface area contributed by atoms with Gasteiger partial charge in [-0.1, -0.05) is 30.4 Å². The number of carbonyl (C=O) groups is 3. The first-order valence-corrected chi connectivity index (χ1v) is 8.75. The highest BCUT2D eigenvalue weighted by Crippen LogP contribution is 2.27. The Bertz CT molecular complexity index is 816. The molecule has 0 radical (unpaired) electrons. The maximum absolute atomic E-state index is 12.4. The zero-order valence-electron chi connectivity index (χ0n) is 13.7. The first-order valence-electron chi connectivity index (χ1n) is 7.93. The SMILES string of the molecule is CCc1ccc(N2C[C@H](C(=O)Nc3ncc(C(N)=O)s3)CC2=O)cc1. The molecule has 7 nitrogen and oxygen atoms in total. The minimum atomic E-state index is -0.587. The van der Waals surface area contributed by atoms with E-state index in [1.807, 2.05) is 24.3 Å². The fourth-order valence-electron chi connectivity index (χ4n) is 2.70. The lowest BCUT2D eigenvalue weighted by atomic mass is 10.1. The summed E-state index contributed by atoms with van der Waals surface area (Å²) < 4.78 is 0. The zero-order valence-corrected chi connectivity index (χ0v) is 14.5. The number of aryl methyl sites for hydroxylation is 1. The van der Waals surface area contributed by atoms with Gasteiger partial charge in [0.25, 0.3) is 5.91 Å². The third-order valence-electron chi connectivity index (χ3n) is 4.13. The maximum Gasteiger partial charge on any atom is 0.260 e. The average Bonchev–Trinajstić information content (AvgIpc) is 3.22. The molecule has 3 N–H and O–H groups in total. The molecular weight excluding hydrogens is 340 g/mol. The second-order valence-electron chi connectivity index (χ2n) is 5.81. The fraction of sp³-hybridized carbons (Fsp3) is 0.294. The molecule has 1 aromatic carbocycles. The first kappa shape index (κ1) is 17.1. The average molecular weight is 358 g/mol. The molecule has 2 aromatic rings. The molecule has 0 unspecified atom stereocenters. The van der Waals surface area contributed by atoms with Gasteiger partial charge in [0, 0.05) is 18.7 Å². The summed E-state index contributed by atoms with van der Waals surface area (Å²) in [6.07, 6.45) is 2.40. The molecule has 1 atom stereocenters. The first-order chi connectivity index (χ1) is 12.0. The number of hydrogen-bond acceptors (Lipinski definition) is 5. The van der Waals surface area contributed by atoms with Crippen LogP contribution >= 0.6 is 11.3 Å². The van der Waals surface area contributed by atoms with Crippen LogP contribution in [-0.2, 0) is 16.0 Å². The Hall–Kier alpha value is -2.74. The highest BCUT2D eigenvalue weighted by atomic mass is 32.1. The van der Waals surface area contributed by atoms with Crippen LogP contribution in [0.5, 0.6) is 0 Å². The summed E-state index contributed by atoms with van der Waals surface area (Å²) in [7, 11) is 0. The number of benzene rings is 1. The van der Waals surface area contributed by atoms with Crippen LogP contribution in [0, 0.1) is 5.92 Å². The van der Waals surface area contributed by atoms with E-state index in [2.05, 4.69) is 17.2 Å². The minimum absolute atomic E-state index is 0.0821. The molecule has 0 spiro atoms. The van der Waals surface area contributed by atoms with E-state index in [1.165, 1.54) is 11.8 Å². The second-order valence-corrected chi connectivity index (χ2v) is 6.84. The number of amides is 3. The van der Waals surface area contributed by atoms with Crippen LogP contribution in [0.4, 0.5) is 10.8 Å². The number of rotatable bonds is 5. The Morgan fingerprint density at radius 2 is 2.08 bits per heavy atom. The summed E-state index contributed by atoms with van der Waals surface area (Å²) in [6.45, 7) is 2.39. The van der Waals surface area contributed by atoms with E-state index in [0.29, 0.717) is 11.7 Å². The number of thiazole rings is 1. The summed E-state index contributed by atoms with van der Waals surface area (Å²) >= 11 is 1.01. The van der Waals surface area contributed by atoms with Crippen LogP contribution in [-0.4, -0.2) is 29.3 Å². The van der Waals surface area contributed by atoms with Gasteiger partial charge in [0.15, 0.2) is 5.13 Å². The molecule has 3 amide bonds. The smallest absolute Gasteiger partial charge is 0.260 e. The number of nitrogens with two attached hydrogens (primary N) is 1. The summed E-state index contributed by atoms with van der Waals surface area (Å²) in [6, 6.07) is 7.77. The third kappa shape index (κ3) is 3.69. The minimum Gasteiger partial charge on any atom is -0.365 e. The summed E-state index contributed by atoms with van der Waals surface area (Å²) in [5.74, 6) is -1.41. The van der Waals surface area contributed by atoms with E-state index in [9.17, 15) is 14.4 Å². The van der Waals surface area contributed by atoms with Crippen molar-refractivity contribution in [2.75, 3.05) is 16.8 Å². The Balaban J connectivity index is 1.66. The summed E-state index contributed by atoms with van der Waals surface area (Å²) in [4.78, 5) is 41.6. The highest BCUT2D eigenvalue weighted by molar-refractivity contribution is 7.17. The van der Waals surface area contributed by atoms with Crippen molar-refractivity contribution in [1.82, 2.24) is 4.98 Å². The van der Waals surface area contributed by atoms with E-state index in [4.69, 9.17) is 5.73 Å². The Kier molecular flexibility index (Phi) is 4.80. The summed E-state index contributed by atoms with van der Waals surface area (Å²) in [5.41, 5.74) is 7.16. The van der Waals surface area contributed by atoms with Crippen LogP contribution in [0.25, 0.3) is 0 Å².